The van der Waals surface area contributed by atoms with E-state index in [1.807, 2.05) is 13.8 Å². The first-order valence-electron chi connectivity index (χ1n) is 3.13. The first-order chi connectivity index (χ1) is 4.26. The van der Waals surface area contributed by atoms with Crippen LogP contribution in [0.2, 0.25) is 0 Å². The van der Waals surface area contributed by atoms with E-state index in [2.05, 4.69) is 10.5 Å². The Kier molecular flexibility index (Phi) is 4.05. The summed E-state index contributed by atoms with van der Waals surface area (Å²) in [6.45, 7) is 4.05. The Morgan fingerprint density at radius 3 is 2.44 bits per heavy atom. The van der Waals surface area contributed by atoms with Crippen LogP contribution in [-0.2, 0) is 0 Å². The van der Waals surface area contributed by atoms with E-state index in [-0.39, 0.29) is 0 Å². The van der Waals surface area contributed by atoms with Crippen LogP contribution < -0.4 is 5.48 Å². The molecule has 3 nitrogen and oxygen atoms in total. The van der Waals surface area contributed by atoms with E-state index in [0.29, 0.717) is 11.8 Å². The van der Waals surface area contributed by atoms with Crippen LogP contribution in [0.25, 0.3) is 0 Å². The number of hydrogen-bond donors (Lipinski definition) is 2. The van der Waals surface area contributed by atoms with Crippen LogP contribution in [0.1, 0.15) is 20.3 Å². The normalized spacial score (nSPS) is 15.3. The van der Waals surface area contributed by atoms with Gasteiger partial charge in [-0.15, -0.1) is 0 Å². The summed E-state index contributed by atoms with van der Waals surface area (Å²) in [4.78, 5) is 3.83. The van der Waals surface area contributed by atoms with Crippen LogP contribution in [0.15, 0.2) is 4.99 Å². The van der Waals surface area contributed by atoms with Gasteiger partial charge in [0.05, 0.1) is 0 Å². The van der Waals surface area contributed by atoms with Gasteiger partial charge in [0.2, 0.25) is 0 Å². The van der Waals surface area contributed by atoms with E-state index < -0.39 is 0 Å². The van der Waals surface area contributed by atoms with Crippen LogP contribution in [0.4, 0.5) is 0 Å². The molecule has 9 heavy (non-hydrogen) atoms. The fourth-order valence-electron chi connectivity index (χ4n) is 0.574. The van der Waals surface area contributed by atoms with Crippen molar-refractivity contribution in [2.75, 3.05) is 7.05 Å². The summed E-state index contributed by atoms with van der Waals surface area (Å²) in [6, 6.07) is 0. The van der Waals surface area contributed by atoms with Gasteiger partial charge in [0.15, 0.2) is 0 Å². The largest absolute Gasteiger partial charge is 0.290 e. The van der Waals surface area contributed by atoms with E-state index in [1.54, 1.807) is 7.05 Å². The molecular weight excluding hydrogens is 116 g/mol. The topological polar surface area (TPSA) is 44.6 Å². The van der Waals surface area contributed by atoms with Crippen molar-refractivity contribution in [2.24, 2.45) is 10.9 Å². The van der Waals surface area contributed by atoms with Crippen LogP contribution in [-0.4, -0.2) is 18.1 Å². The molecule has 0 aliphatic rings. The third kappa shape index (κ3) is 2.46. The number of aliphatic imine (C=N–C) groups is 1. The molecule has 3 heteroatoms. The van der Waals surface area contributed by atoms with Crippen molar-refractivity contribution in [3.8, 4) is 0 Å². The predicted octanol–water partition coefficient (Wildman–Crippen LogP) is 1.04. The molecule has 0 aromatic rings. The van der Waals surface area contributed by atoms with Gasteiger partial charge in [-0.3, -0.25) is 15.7 Å². The minimum absolute atomic E-state index is 0.319. The summed E-state index contributed by atoms with van der Waals surface area (Å²) in [5, 5.41) is 8.45. The molecule has 1 atom stereocenters. The van der Waals surface area contributed by atoms with Crippen LogP contribution >= 0.6 is 0 Å². The second kappa shape index (κ2) is 4.32. The van der Waals surface area contributed by atoms with Gasteiger partial charge in [-0.1, -0.05) is 13.8 Å². The average Bonchev–Trinajstić information content (AvgIpc) is 1.90. The fraction of sp³-hybridized carbons (Fsp3) is 0.833. The summed E-state index contributed by atoms with van der Waals surface area (Å²) < 4.78 is 0. The molecule has 0 saturated carbocycles. The third-order valence-electron chi connectivity index (χ3n) is 1.43. The number of hydrogen-bond acceptors (Lipinski definition) is 2. The third-order valence-corrected chi connectivity index (χ3v) is 1.43. The molecule has 0 rings (SSSR count). The Balaban J connectivity index is 3.80. The molecule has 0 spiro atoms. The molecule has 54 valence electrons. The molecule has 0 amide bonds. The monoisotopic (exact) mass is 130 g/mol. The maximum Gasteiger partial charge on any atom is 0.123 e. The van der Waals surface area contributed by atoms with Gasteiger partial charge in [0.25, 0.3) is 0 Å². The van der Waals surface area contributed by atoms with Crippen LogP contribution in [0, 0.1) is 5.92 Å². The second-order valence-electron chi connectivity index (χ2n) is 2.03. The molecule has 0 heterocycles. The molecule has 0 aliphatic heterocycles. The van der Waals surface area contributed by atoms with E-state index in [1.165, 1.54) is 0 Å². The maximum absolute atomic E-state index is 8.45. The highest BCUT2D eigenvalue weighted by Gasteiger charge is 2.04. The number of amidine groups is 1. The molecule has 0 aromatic heterocycles. The molecule has 0 aliphatic carbocycles. The lowest BCUT2D eigenvalue weighted by molar-refractivity contribution is 0.227. The van der Waals surface area contributed by atoms with Crippen molar-refractivity contribution >= 4 is 5.84 Å². The van der Waals surface area contributed by atoms with Crippen molar-refractivity contribution in [3.05, 3.63) is 0 Å². The van der Waals surface area contributed by atoms with Crippen molar-refractivity contribution < 1.29 is 5.21 Å². The summed E-state index contributed by atoms with van der Waals surface area (Å²) in [6.07, 6.45) is 0.986. The first kappa shape index (κ1) is 8.43. The Morgan fingerprint density at radius 2 is 2.33 bits per heavy atom. The van der Waals surface area contributed by atoms with Gasteiger partial charge >= 0.3 is 0 Å². The summed E-state index contributed by atoms with van der Waals surface area (Å²) >= 11 is 0. The molecular formula is C6H14N2O. The zero-order chi connectivity index (χ0) is 7.28. The highest BCUT2D eigenvalue weighted by molar-refractivity contribution is 5.82. The minimum atomic E-state index is 0.319. The van der Waals surface area contributed by atoms with Gasteiger partial charge in [0.1, 0.15) is 5.84 Å². The first-order valence-corrected chi connectivity index (χ1v) is 3.13. The SMILES string of the molecule is CCC(C)C(=NC)NO. The second-order valence-corrected chi connectivity index (χ2v) is 2.03. The molecule has 1 unspecified atom stereocenters. The quantitative estimate of drug-likeness (QED) is 0.333. The summed E-state index contributed by atoms with van der Waals surface area (Å²) in [7, 11) is 1.66. The van der Waals surface area contributed by atoms with E-state index in [0.717, 1.165) is 6.42 Å². The molecule has 0 fully saturated rings. The Morgan fingerprint density at radius 1 is 1.78 bits per heavy atom. The zero-order valence-electron chi connectivity index (χ0n) is 6.18. The highest BCUT2D eigenvalue weighted by Crippen LogP contribution is 2.00. The van der Waals surface area contributed by atoms with Gasteiger partial charge in [-0.2, -0.15) is 0 Å². The Hall–Kier alpha value is -0.570. The lowest BCUT2D eigenvalue weighted by Crippen LogP contribution is -2.25. The number of rotatable bonds is 2. The van der Waals surface area contributed by atoms with Crippen molar-refractivity contribution in [1.29, 1.82) is 0 Å². The molecule has 0 aromatic carbocycles. The number of nitrogens with one attached hydrogen (secondary N) is 1. The lowest BCUT2D eigenvalue weighted by Gasteiger charge is -2.08. The summed E-state index contributed by atoms with van der Waals surface area (Å²) in [5.74, 6) is 0.970. The Labute approximate surface area is 55.8 Å². The minimum Gasteiger partial charge on any atom is -0.290 e. The highest BCUT2D eigenvalue weighted by atomic mass is 16.5. The van der Waals surface area contributed by atoms with Gasteiger partial charge in [0, 0.05) is 13.0 Å². The van der Waals surface area contributed by atoms with Gasteiger partial charge in [-0.25, -0.2) is 0 Å². The molecule has 2 N–H and O–H groups in total. The van der Waals surface area contributed by atoms with E-state index in [4.69, 9.17) is 5.21 Å². The smallest absolute Gasteiger partial charge is 0.123 e. The van der Waals surface area contributed by atoms with Gasteiger partial charge in [-0.05, 0) is 6.42 Å². The molecule has 0 saturated heterocycles. The van der Waals surface area contributed by atoms with Crippen molar-refractivity contribution in [2.45, 2.75) is 20.3 Å². The standard InChI is InChI=1S/C6H14N2O/c1-4-5(2)6(7-3)8-9/h5,9H,4H2,1-3H3,(H,7,8). The molecule has 0 radical (unpaired) electrons. The maximum atomic E-state index is 8.45. The Bertz CT molecular complexity index is 101. The van der Waals surface area contributed by atoms with Gasteiger partial charge < -0.3 is 0 Å². The fourth-order valence-corrected chi connectivity index (χ4v) is 0.574. The van der Waals surface area contributed by atoms with Crippen LogP contribution in [0.5, 0.6) is 0 Å². The zero-order valence-corrected chi connectivity index (χ0v) is 6.18. The average molecular weight is 130 g/mol. The van der Waals surface area contributed by atoms with E-state index >= 15 is 0 Å². The number of hydroxylamine groups is 1. The number of nitrogens with zero attached hydrogens (tertiary/aromatic N) is 1. The van der Waals surface area contributed by atoms with E-state index in [9.17, 15) is 0 Å². The summed E-state index contributed by atoms with van der Waals surface area (Å²) in [5.41, 5.74) is 2.05. The van der Waals surface area contributed by atoms with Crippen molar-refractivity contribution in [3.63, 3.8) is 0 Å². The molecule has 0 bridgehead atoms. The van der Waals surface area contributed by atoms with Crippen LogP contribution in [0.3, 0.4) is 0 Å². The predicted molar refractivity (Wildman–Crippen MR) is 37.7 cm³/mol. The van der Waals surface area contributed by atoms with Crippen molar-refractivity contribution in [1.82, 2.24) is 5.48 Å². The lowest BCUT2D eigenvalue weighted by atomic mass is 10.1.